The van der Waals surface area contributed by atoms with Crippen molar-refractivity contribution in [2.24, 2.45) is 0 Å². The van der Waals surface area contributed by atoms with Gasteiger partial charge in [0.05, 0.1) is 0 Å². The number of nitrogens with zero attached hydrogens (tertiary/aromatic N) is 2. The molecule has 30 heavy (non-hydrogen) atoms. The zero-order valence-corrected chi connectivity index (χ0v) is 17.6. The van der Waals surface area contributed by atoms with Crippen LogP contribution in [0.15, 0.2) is 60.8 Å². The van der Waals surface area contributed by atoms with Gasteiger partial charge in [0.1, 0.15) is 11.0 Å². The molecule has 0 spiro atoms. The number of ketones is 1. The van der Waals surface area contributed by atoms with E-state index in [-0.39, 0.29) is 18.1 Å². The Kier molecular flexibility index (Phi) is 6.95. The van der Waals surface area contributed by atoms with Gasteiger partial charge < -0.3 is 4.90 Å². The average molecular weight is 425 g/mol. The lowest BCUT2D eigenvalue weighted by atomic mass is 9.99. The van der Waals surface area contributed by atoms with Crippen LogP contribution in [0.3, 0.4) is 0 Å². The monoisotopic (exact) mass is 424 g/mol. The molecule has 6 heteroatoms. The molecule has 0 fully saturated rings. The van der Waals surface area contributed by atoms with Crippen LogP contribution in [0, 0.1) is 5.82 Å². The molecule has 1 aromatic heterocycles. The highest BCUT2D eigenvalue weighted by Gasteiger charge is 2.13. The van der Waals surface area contributed by atoms with Crippen LogP contribution in [-0.2, 0) is 11.2 Å². The van der Waals surface area contributed by atoms with Crippen LogP contribution < -0.4 is 4.90 Å². The van der Waals surface area contributed by atoms with Gasteiger partial charge in [0.25, 0.3) is 0 Å². The first-order valence-electron chi connectivity index (χ1n) is 9.69. The standard InChI is InChI=1S/C24H22ClFN2O2/c1-3-24(30)28(2)19-9-6-17(7-10-19)20-11-8-18(14-21(20)26)22(29)12-4-16-5-13-23(25)27-15-16/h5-11,13-15H,3-4,12H2,1-2H3. The van der Waals surface area contributed by atoms with Gasteiger partial charge >= 0.3 is 0 Å². The van der Waals surface area contributed by atoms with Crippen molar-refractivity contribution in [2.75, 3.05) is 11.9 Å². The topological polar surface area (TPSA) is 50.3 Å². The van der Waals surface area contributed by atoms with E-state index in [0.717, 1.165) is 11.3 Å². The number of rotatable bonds is 7. The van der Waals surface area contributed by atoms with E-state index in [4.69, 9.17) is 11.6 Å². The molecule has 2 aromatic carbocycles. The summed E-state index contributed by atoms with van der Waals surface area (Å²) < 4.78 is 14.7. The number of carbonyl (C=O) groups is 2. The molecule has 0 aliphatic heterocycles. The Hall–Kier alpha value is -3.05. The zero-order chi connectivity index (χ0) is 21.7. The molecule has 0 saturated heterocycles. The molecule has 0 bridgehead atoms. The van der Waals surface area contributed by atoms with Crippen LogP contribution in [0.25, 0.3) is 11.1 Å². The summed E-state index contributed by atoms with van der Waals surface area (Å²) in [5, 5.41) is 0.402. The summed E-state index contributed by atoms with van der Waals surface area (Å²) in [6.07, 6.45) is 2.82. The van der Waals surface area contributed by atoms with Gasteiger partial charge in [0, 0.05) is 42.9 Å². The number of amides is 1. The van der Waals surface area contributed by atoms with E-state index in [2.05, 4.69) is 4.98 Å². The van der Waals surface area contributed by atoms with E-state index < -0.39 is 5.82 Å². The number of carbonyl (C=O) groups excluding carboxylic acids is 2. The van der Waals surface area contributed by atoms with Crippen molar-refractivity contribution in [2.45, 2.75) is 26.2 Å². The highest BCUT2D eigenvalue weighted by molar-refractivity contribution is 6.29. The summed E-state index contributed by atoms with van der Waals surface area (Å²) in [4.78, 5) is 29.8. The predicted octanol–water partition coefficient (Wildman–Crippen LogP) is 5.73. The number of aromatic nitrogens is 1. The Labute approximate surface area is 180 Å². The van der Waals surface area contributed by atoms with E-state index in [1.807, 2.05) is 6.07 Å². The SMILES string of the molecule is CCC(=O)N(C)c1ccc(-c2ccc(C(=O)CCc3ccc(Cl)nc3)cc2F)cc1. The molecule has 3 rings (SSSR count). The number of pyridine rings is 1. The van der Waals surface area contributed by atoms with Gasteiger partial charge in [0.2, 0.25) is 5.91 Å². The Morgan fingerprint density at radius 2 is 1.80 bits per heavy atom. The van der Waals surface area contributed by atoms with Gasteiger partial charge in [0.15, 0.2) is 5.78 Å². The second-order valence-corrected chi connectivity index (χ2v) is 7.35. The fourth-order valence-electron chi connectivity index (χ4n) is 3.12. The summed E-state index contributed by atoms with van der Waals surface area (Å²) >= 11 is 5.76. The second kappa shape index (κ2) is 9.63. The lowest BCUT2D eigenvalue weighted by Crippen LogP contribution is -2.24. The molecule has 1 amide bonds. The molecule has 0 unspecified atom stereocenters. The summed E-state index contributed by atoms with van der Waals surface area (Å²) in [6, 6.07) is 15.1. The van der Waals surface area contributed by atoms with Crippen molar-refractivity contribution in [1.82, 2.24) is 4.98 Å². The fourth-order valence-corrected chi connectivity index (χ4v) is 3.24. The lowest BCUT2D eigenvalue weighted by Gasteiger charge is -2.17. The molecule has 3 aromatic rings. The molecule has 0 saturated carbocycles. The van der Waals surface area contributed by atoms with Gasteiger partial charge in [-0.1, -0.05) is 48.9 Å². The summed E-state index contributed by atoms with van der Waals surface area (Å²) in [5.74, 6) is -0.587. The third kappa shape index (κ3) is 5.10. The smallest absolute Gasteiger partial charge is 0.226 e. The van der Waals surface area contributed by atoms with Gasteiger partial charge in [-0.05, 0) is 41.8 Å². The number of aryl methyl sites for hydroxylation is 1. The number of halogens is 2. The second-order valence-electron chi connectivity index (χ2n) is 6.96. The highest BCUT2D eigenvalue weighted by Crippen LogP contribution is 2.26. The van der Waals surface area contributed by atoms with Gasteiger partial charge in [-0.25, -0.2) is 9.37 Å². The molecule has 4 nitrogen and oxygen atoms in total. The lowest BCUT2D eigenvalue weighted by molar-refractivity contribution is -0.118. The van der Waals surface area contributed by atoms with Crippen LogP contribution in [0.4, 0.5) is 10.1 Å². The molecule has 0 radical (unpaired) electrons. The Morgan fingerprint density at radius 3 is 2.40 bits per heavy atom. The van der Waals surface area contributed by atoms with E-state index >= 15 is 0 Å². The third-order valence-corrected chi connectivity index (χ3v) is 5.19. The van der Waals surface area contributed by atoms with Crippen LogP contribution in [0.2, 0.25) is 5.15 Å². The minimum atomic E-state index is -0.459. The number of anilines is 1. The molecule has 1 heterocycles. The maximum Gasteiger partial charge on any atom is 0.226 e. The largest absolute Gasteiger partial charge is 0.316 e. The van der Waals surface area contributed by atoms with E-state index in [9.17, 15) is 14.0 Å². The number of benzene rings is 2. The van der Waals surface area contributed by atoms with Crippen molar-refractivity contribution in [3.8, 4) is 11.1 Å². The van der Waals surface area contributed by atoms with Crippen LogP contribution in [-0.4, -0.2) is 23.7 Å². The van der Waals surface area contributed by atoms with Gasteiger partial charge in [-0.2, -0.15) is 0 Å². The molecular formula is C24H22ClFN2O2. The van der Waals surface area contributed by atoms with Crippen molar-refractivity contribution >= 4 is 29.0 Å². The average Bonchev–Trinajstić information content (AvgIpc) is 2.77. The first-order valence-corrected chi connectivity index (χ1v) is 10.1. The maximum atomic E-state index is 14.7. The zero-order valence-electron chi connectivity index (χ0n) is 16.9. The number of Topliss-reactive ketones (excluding diaryl/α,β-unsaturated/α-hetero) is 1. The summed E-state index contributed by atoms with van der Waals surface area (Å²) in [7, 11) is 1.71. The van der Waals surface area contributed by atoms with E-state index in [1.54, 1.807) is 67.5 Å². The van der Waals surface area contributed by atoms with Gasteiger partial charge in [-0.15, -0.1) is 0 Å². The molecule has 154 valence electrons. The summed E-state index contributed by atoms with van der Waals surface area (Å²) in [6.45, 7) is 1.80. The Bertz CT molecular complexity index is 1050. The van der Waals surface area contributed by atoms with Crippen LogP contribution >= 0.6 is 11.6 Å². The first-order chi connectivity index (χ1) is 14.4. The molecule has 0 atom stereocenters. The minimum absolute atomic E-state index is 0.00572. The molecule has 0 N–H and O–H groups in total. The number of hydrogen-bond acceptors (Lipinski definition) is 3. The van der Waals surface area contributed by atoms with Crippen molar-refractivity contribution in [3.05, 3.63) is 82.9 Å². The van der Waals surface area contributed by atoms with Crippen LogP contribution in [0.1, 0.15) is 35.7 Å². The fraction of sp³-hybridized carbons (Fsp3) is 0.208. The molecule has 0 aliphatic rings. The van der Waals surface area contributed by atoms with Crippen molar-refractivity contribution in [1.29, 1.82) is 0 Å². The Morgan fingerprint density at radius 1 is 1.07 bits per heavy atom. The van der Waals surface area contributed by atoms with E-state index in [0.29, 0.717) is 34.7 Å². The highest BCUT2D eigenvalue weighted by atomic mass is 35.5. The Balaban J connectivity index is 1.70. The first kappa shape index (κ1) is 21.7. The summed E-state index contributed by atoms with van der Waals surface area (Å²) in [5.41, 5.74) is 3.07. The van der Waals surface area contributed by atoms with Gasteiger partial charge in [-0.3, -0.25) is 9.59 Å². The maximum absolute atomic E-state index is 14.7. The third-order valence-electron chi connectivity index (χ3n) is 4.96. The van der Waals surface area contributed by atoms with Crippen molar-refractivity contribution < 1.29 is 14.0 Å². The minimum Gasteiger partial charge on any atom is -0.316 e. The quantitative estimate of drug-likeness (QED) is 0.359. The van der Waals surface area contributed by atoms with Crippen LogP contribution in [0.5, 0.6) is 0 Å². The van der Waals surface area contributed by atoms with E-state index in [1.165, 1.54) is 6.07 Å². The predicted molar refractivity (Wildman–Crippen MR) is 117 cm³/mol. The molecular weight excluding hydrogens is 403 g/mol. The normalized spacial score (nSPS) is 10.7. The molecule has 0 aliphatic carbocycles. The van der Waals surface area contributed by atoms with Crippen molar-refractivity contribution in [3.63, 3.8) is 0 Å². The number of hydrogen-bond donors (Lipinski definition) is 0.